The average molecular weight is 330 g/mol. The molecule has 1 atom stereocenters. The molecule has 4 nitrogen and oxygen atoms in total. The number of piperidine rings is 1. The molecule has 0 unspecified atom stereocenters. The van der Waals surface area contributed by atoms with Crippen molar-refractivity contribution in [3.8, 4) is 11.8 Å². The molecule has 0 radical (unpaired) electrons. The number of amides is 2. The van der Waals surface area contributed by atoms with Gasteiger partial charge in [-0.05, 0) is 44.1 Å². The number of rotatable bonds is 5. The average Bonchev–Trinajstić information content (AvgIpc) is 2.60. The normalized spacial score (nSPS) is 16.9. The Morgan fingerprint density at radius 2 is 2.17 bits per heavy atom. The van der Waals surface area contributed by atoms with Crippen molar-refractivity contribution in [2.24, 2.45) is 5.92 Å². The fourth-order valence-corrected chi connectivity index (χ4v) is 2.93. The smallest absolute Gasteiger partial charge is 0.298 e. The largest absolute Gasteiger partial charge is 0.352 e. The lowest BCUT2D eigenvalue weighted by Gasteiger charge is -2.31. The van der Waals surface area contributed by atoms with Crippen molar-refractivity contribution in [1.29, 1.82) is 0 Å². The highest BCUT2D eigenvalue weighted by molar-refractivity contribution is 5.93. The lowest BCUT2D eigenvalue weighted by Crippen LogP contribution is -2.39. The second-order valence-electron chi connectivity index (χ2n) is 6.04. The Hall–Kier alpha value is -2.35. The summed E-state index contributed by atoms with van der Waals surface area (Å²) < 4.78 is 13.5. The van der Waals surface area contributed by atoms with E-state index in [2.05, 4.69) is 17.2 Å². The van der Waals surface area contributed by atoms with Gasteiger partial charge in [0.25, 0.3) is 5.91 Å². The number of nitrogens with one attached hydrogen (secondary N) is 1. The Morgan fingerprint density at radius 1 is 1.38 bits per heavy atom. The molecule has 1 saturated heterocycles. The number of hydrogen-bond donors (Lipinski definition) is 1. The van der Waals surface area contributed by atoms with Gasteiger partial charge in [0.15, 0.2) is 0 Å². The number of halogens is 1. The molecule has 1 aromatic rings. The highest BCUT2D eigenvalue weighted by Crippen LogP contribution is 2.21. The highest BCUT2D eigenvalue weighted by Gasteiger charge is 2.23. The van der Waals surface area contributed by atoms with E-state index in [-0.39, 0.29) is 24.2 Å². The fraction of sp³-hybridized carbons (Fsp3) is 0.474. The zero-order chi connectivity index (χ0) is 17.4. The van der Waals surface area contributed by atoms with Crippen LogP contribution in [0, 0.1) is 23.6 Å². The number of nitrogens with zero attached hydrogens (tertiary/aromatic N) is 1. The molecule has 5 heteroatoms. The van der Waals surface area contributed by atoms with Crippen LogP contribution in [0.3, 0.4) is 0 Å². The first-order valence-corrected chi connectivity index (χ1v) is 8.32. The van der Waals surface area contributed by atoms with Crippen molar-refractivity contribution in [1.82, 2.24) is 10.2 Å². The third kappa shape index (κ3) is 5.38. The van der Waals surface area contributed by atoms with Crippen molar-refractivity contribution in [3.05, 3.63) is 35.6 Å². The molecule has 1 heterocycles. The maximum atomic E-state index is 13.5. The first-order valence-electron chi connectivity index (χ1n) is 8.32. The Morgan fingerprint density at radius 3 is 2.92 bits per heavy atom. The predicted molar refractivity (Wildman–Crippen MR) is 90.2 cm³/mol. The molecule has 2 rings (SSSR count). The van der Waals surface area contributed by atoms with Gasteiger partial charge >= 0.3 is 0 Å². The minimum atomic E-state index is -0.309. The monoisotopic (exact) mass is 330 g/mol. The molecule has 24 heavy (non-hydrogen) atoms. The SMILES string of the molecule is CC#CC(=O)N1CCC[C@@H](CCC(=O)NCc2ccccc2F)C1. The summed E-state index contributed by atoms with van der Waals surface area (Å²) in [4.78, 5) is 25.5. The van der Waals surface area contributed by atoms with E-state index in [1.54, 1.807) is 30.0 Å². The number of likely N-dealkylation sites (tertiary alicyclic amines) is 1. The van der Waals surface area contributed by atoms with E-state index in [9.17, 15) is 14.0 Å². The minimum Gasteiger partial charge on any atom is -0.352 e. The standard InChI is InChI=1S/C19H23FN2O2/c1-2-6-19(24)22-12-5-7-15(14-22)10-11-18(23)21-13-16-8-3-4-9-17(16)20/h3-4,8-9,15H,5,7,10-14H2,1H3,(H,21,23)/t15-/m0/s1. The summed E-state index contributed by atoms with van der Waals surface area (Å²) in [7, 11) is 0. The first kappa shape index (κ1) is 18.0. The van der Waals surface area contributed by atoms with Crippen LogP contribution in [0.5, 0.6) is 0 Å². The van der Waals surface area contributed by atoms with E-state index >= 15 is 0 Å². The number of carbonyl (C=O) groups is 2. The maximum Gasteiger partial charge on any atom is 0.298 e. The van der Waals surface area contributed by atoms with Crippen molar-refractivity contribution in [2.75, 3.05) is 13.1 Å². The van der Waals surface area contributed by atoms with Crippen LogP contribution in [0.25, 0.3) is 0 Å². The van der Waals surface area contributed by atoms with Gasteiger partial charge in [-0.1, -0.05) is 24.1 Å². The van der Waals surface area contributed by atoms with Crippen LogP contribution in [-0.4, -0.2) is 29.8 Å². The topological polar surface area (TPSA) is 49.4 Å². The van der Waals surface area contributed by atoms with E-state index < -0.39 is 0 Å². The first-order chi connectivity index (χ1) is 11.6. The van der Waals surface area contributed by atoms with Crippen LogP contribution in [0.2, 0.25) is 0 Å². The van der Waals surface area contributed by atoms with Crippen LogP contribution in [0.15, 0.2) is 24.3 Å². The molecule has 1 aromatic carbocycles. The molecule has 1 N–H and O–H groups in total. The Balaban J connectivity index is 1.74. The van der Waals surface area contributed by atoms with E-state index in [1.807, 2.05) is 0 Å². The summed E-state index contributed by atoms with van der Waals surface area (Å²) in [5.41, 5.74) is 0.485. The molecule has 128 valence electrons. The van der Waals surface area contributed by atoms with Crippen molar-refractivity contribution >= 4 is 11.8 Å². The van der Waals surface area contributed by atoms with E-state index in [1.165, 1.54) is 6.07 Å². The quantitative estimate of drug-likeness (QED) is 0.843. The van der Waals surface area contributed by atoms with Gasteiger partial charge in [0.05, 0.1) is 0 Å². The Kier molecular flexibility index (Phi) is 6.80. The molecule has 0 aromatic heterocycles. The zero-order valence-electron chi connectivity index (χ0n) is 14.0. The van der Waals surface area contributed by atoms with Gasteiger partial charge in [0.1, 0.15) is 5.82 Å². The highest BCUT2D eigenvalue weighted by atomic mass is 19.1. The molecule has 1 aliphatic rings. The van der Waals surface area contributed by atoms with E-state index in [0.29, 0.717) is 24.4 Å². The van der Waals surface area contributed by atoms with Gasteiger partial charge in [-0.2, -0.15) is 0 Å². The molecule has 0 aliphatic carbocycles. The van der Waals surface area contributed by atoms with Gasteiger partial charge in [-0.3, -0.25) is 9.59 Å². The summed E-state index contributed by atoms with van der Waals surface area (Å²) in [6.45, 7) is 3.25. The molecular formula is C19H23FN2O2. The zero-order valence-corrected chi connectivity index (χ0v) is 14.0. The van der Waals surface area contributed by atoms with Gasteiger partial charge < -0.3 is 10.2 Å². The lowest BCUT2D eigenvalue weighted by atomic mass is 9.93. The summed E-state index contributed by atoms with van der Waals surface area (Å²) in [6.07, 6.45) is 3.08. The maximum absolute atomic E-state index is 13.5. The second kappa shape index (κ2) is 9.07. The van der Waals surface area contributed by atoms with E-state index in [4.69, 9.17) is 0 Å². The van der Waals surface area contributed by atoms with Gasteiger partial charge in [0.2, 0.25) is 5.91 Å². The lowest BCUT2D eigenvalue weighted by molar-refractivity contribution is -0.126. The third-order valence-electron chi connectivity index (χ3n) is 4.25. The minimum absolute atomic E-state index is 0.0879. The van der Waals surface area contributed by atoms with Crippen LogP contribution in [0.4, 0.5) is 4.39 Å². The summed E-state index contributed by atoms with van der Waals surface area (Å²) in [5.74, 6) is 4.99. The van der Waals surface area contributed by atoms with Crippen LogP contribution >= 0.6 is 0 Å². The van der Waals surface area contributed by atoms with Crippen LogP contribution in [-0.2, 0) is 16.1 Å². The van der Waals surface area contributed by atoms with Crippen molar-refractivity contribution in [3.63, 3.8) is 0 Å². The van der Waals surface area contributed by atoms with Crippen LogP contribution in [0.1, 0.15) is 38.2 Å². The fourth-order valence-electron chi connectivity index (χ4n) is 2.93. The van der Waals surface area contributed by atoms with Gasteiger partial charge in [0, 0.05) is 31.6 Å². The molecule has 0 saturated carbocycles. The van der Waals surface area contributed by atoms with Crippen molar-refractivity contribution < 1.29 is 14.0 Å². The van der Waals surface area contributed by atoms with Gasteiger partial charge in [-0.15, -0.1) is 0 Å². The molecule has 1 fully saturated rings. The summed E-state index contributed by atoms with van der Waals surface area (Å²) in [5, 5.41) is 2.75. The predicted octanol–water partition coefficient (Wildman–Crippen LogP) is 2.48. The summed E-state index contributed by atoms with van der Waals surface area (Å²) in [6, 6.07) is 6.42. The molecular weight excluding hydrogens is 307 g/mol. The van der Waals surface area contributed by atoms with Gasteiger partial charge in [-0.25, -0.2) is 4.39 Å². The molecule has 0 spiro atoms. The number of hydrogen-bond acceptors (Lipinski definition) is 2. The number of benzene rings is 1. The van der Waals surface area contributed by atoms with E-state index in [0.717, 1.165) is 25.8 Å². The van der Waals surface area contributed by atoms with Crippen LogP contribution < -0.4 is 5.32 Å². The molecule has 1 aliphatic heterocycles. The third-order valence-corrected chi connectivity index (χ3v) is 4.25. The summed E-state index contributed by atoms with van der Waals surface area (Å²) >= 11 is 0. The Labute approximate surface area is 142 Å². The van der Waals surface area contributed by atoms with Crippen molar-refractivity contribution in [2.45, 2.75) is 39.2 Å². The number of carbonyl (C=O) groups excluding carboxylic acids is 2. The second-order valence-corrected chi connectivity index (χ2v) is 6.04. The Bertz CT molecular complexity index is 648. The molecule has 0 bridgehead atoms. The molecule has 2 amide bonds.